The molecule has 1 heterocycles. The van der Waals surface area contributed by atoms with Crippen LogP contribution in [0, 0.1) is 0 Å². The largest absolute Gasteiger partial charge is 0.417 e. The summed E-state index contributed by atoms with van der Waals surface area (Å²) in [4.78, 5) is 0. The van der Waals surface area contributed by atoms with Crippen molar-refractivity contribution < 1.29 is 21.6 Å². The van der Waals surface area contributed by atoms with Gasteiger partial charge in [0.2, 0.25) is 0 Å². The second-order valence-electron chi connectivity index (χ2n) is 4.45. The SMILES string of the molecule is O=S(=O)(Nc1ccc(Br)c(C(F)(F)F)c1)N1CCNCC1. The van der Waals surface area contributed by atoms with Crippen molar-refractivity contribution in [2.45, 2.75) is 6.18 Å². The van der Waals surface area contributed by atoms with Crippen LogP contribution >= 0.6 is 15.9 Å². The molecule has 0 atom stereocenters. The van der Waals surface area contributed by atoms with E-state index in [1.807, 2.05) is 0 Å². The smallest absolute Gasteiger partial charge is 0.314 e. The molecule has 1 aliphatic rings. The van der Waals surface area contributed by atoms with E-state index in [9.17, 15) is 21.6 Å². The van der Waals surface area contributed by atoms with E-state index in [2.05, 4.69) is 26.0 Å². The van der Waals surface area contributed by atoms with Crippen molar-refractivity contribution in [3.05, 3.63) is 28.2 Å². The standard InChI is InChI=1S/C11H13BrF3N3O2S/c12-10-2-1-8(7-9(10)11(13,14)15)17-21(19,20)18-5-3-16-4-6-18/h1-2,7,16-17H,3-6H2. The number of hydrogen-bond donors (Lipinski definition) is 2. The average Bonchev–Trinajstić information content (AvgIpc) is 2.40. The van der Waals surface area contributed by atoms with Crippen LogP contribution in [0.4, 0.5) is 18.9 Å². The molecule has 0 saturated carbocycles. The van der Waals surface area contributed by atoms with Crippen molar-refractivity contribution in [1.29, 1.82) is 0 Å². The van der Waals surface area contributed by atoms with Gasteiger partial charge in [0.05, 0.1) is 11.3 Å². The zero-order chi connectivity index (χ0) is 15.7. The normalized spacial score (nSPS) is 17.7. The summed E-state index contributed by atoms with van der Waals surface area (Å²) < 4.78 is 65.8. The number of alkyl halides is 3. The van der Waals surface area contributed by atoms with E-state index in [-0.39, 0.29) is 23.2 Å². The Balaban J connectivity index is 2.23. The lowest BCUT2D eigenvalue weighted by molar-refractivity contribution is -0.138. The lowest BCUT2D eigenvalue weighted by Gasteiger charge is -2.27. The molecule has 118 valence electrons. The van der Waals surface area contributed by atoms with Crippen LogP contribution in [0.2, 0.25) is 0 Å². The maximum absolute atomic E-state index is 12.8. The molecular weight excluding hydrogens is 375 g/mol. The van der Waals surface area contributed by atoms with Crippen LogP contribution in [0.15, 0.2) is 22.7 Å². The second kappa shape index (κ2) is 6.11. The Bertz CT molecular complexity index is 616. The second-order valence-corrected chi connectivity index (χ2v) is 6.97. The van der Waals surface area contributed by atoms with Gasteiger partial charge in [0.1, 0.15) is 0 Å². The van der Waals surface area contributed by atoms with Gasteiger partial charge in [-0.05, 0) is 18.2 Å². The summed E-state index contributed by atoms with van der Waals surface area (Å²) in [6.07, 6.45) is -4.56. The first-order valence-electron chi connectivity index (χ1n) is 6.05. The molecule has 2 rings (SSSR count). The topological polar surface area (TPSA) is 61.4 Å². The predicted octanol–water partition coefficient (Wildman–Crippen LogP) is 2.03. The molecule has 2 N–H and O–H groups in total. The summed E-state index contributed by atoms with van der Waals surface area (Å²) >= 11 is 2.81. The number of halogens is 4. The Morgan fingerprint density at radius 3 is 2.43 bits per heavy atom. The maximum atomic E-state index is 12.8. The molecule has 21 heavy (non-hydrogen) atoms. The molecule has 1 saturated heterocycles. The van der Waals surface area contributed by atoms with Crippen molar-refractivity contribution >= 4 is 31.8 Å². The molecule has 1 aliphatic heterocycles. The van der Waals surface area contributed by atoms with Crippen LogP contribution in [0.5, 0.6) is 0 Å². The maximum Gasteiger partial charge on any atom is 0.417 e. The lowest BCUT2D eigenvalue weighted by Crippen LogP contribution is -2.48. The number of nitrogens with one attached hydrogen (secondary N) is 2. The molecule has 1 aromatic carbocycles. The molecule has 1 fully saturated rings. The molecule has 0 bridgehead atoms. The summed E-state index contributed by atoms with van der Waals surface area (Å²) in [7, 11) is -3.85. The minimum Gasteiger partial charge on any atom is -0.314 e. The fourth-order valence-electron chi connectivity index (χ4n) is 1.90. The van der Waals surface area contributed by atoms with E-state index in [1.54, 1.807) is 0 Å². The number of piperazine rings is 1. The van der Waals surface area contributed by atoms with Crippen molar-refractivity contribution in [1.82, 2.24) is 9.62 Å². The predicted molar refractivity (Wildman–Crippen MR) is 76.1 cm³/mol. The molecule has 1 aromatic rings. The van der Waals surface area contributed by atoms with Gasteiger partial charge in [0, 0.05) is 30.7 Å². The third-order valence-electron chi connectivity index (χ3n) is 2.93. The van der Waals surface area contributed by atoms with Crippen LogP contribution in [0.25, 0.3) is 0 Å². The first kappa shape index (κ1) is 16.5. The van der Waals surface area contributed by atoms with E-state index in [0.29, 0.717) is 13.1 Å². The van der Waals surface area contributed by atoms with Crippen LogP contribution < -0.4 is 10.0 Å². The summed E-state index contributed by atoms with van der Waals surface area (Å²) in [5.74, 6) is 0. The van der Waals surface area contributed by atoms with Crippen LogP contribution in [0.1, 0.15) is 5.56 Å². The highest BCUT2D eigenvalue weighted by Gasteiger charge is 2.33. The highest BCUT2D eigenvalue weighted by Crippen LogP contribution is 2.36. The summed E-state index contributed by atoms with van der Waals surface area (Å²) in [6, 6.07) is 3.21. The fraction of sp³-hybridized carbons (Fsp3) is 0.455. The van der Waals surface area contributed by atoms with Crippen molar-refractivity contribution in [3.8, 4) is 0 Å². The summed E-state index contributed by atoms with van der Waals surface area (Å²) in [6.45, 7) is 1.57. The summed E-state index contributed by atoms with van der Waals surface area (Å²) in [5.41, 5.74) is -1.05. The summed E-state index contributed by atoms with van der Waals surface area (Å²) in [5, 5.41) is 3.00. The fourth-order valence-corrected chi connectivity index (χ4v) is 3.59. The Hall–Kier alpha value is -0.840. The molecule has 0 aliphatic carbocycles. The van der Waals surface area contributed by atoms with Gasteiger partial charge >= 0.3 is 16.4 Å². The van der Waals surface area contributed by atoms with Gasteiger partial charge in [-0.25, -0.2) is 0 Å². The molecule has 0 amide bonds. The monoisotopic (exact) mass is 387 g/mol. The molecule has 0 aromatic heterocycles. The van der Waals surface area contributed by atoms with Gasteiger partial charge in [-0.1, -0.05) is 15.9 Å². The van der Waals surface area contributed by atoms with E-state index >= 15 is 0 Å². The Labute approximate surface area is 128 Å². The highest BCUT2D eigenvalue weighted by atomic mass is 79.9. The first-order chi connectivity index (χ1) is 9.70. The first-order valence-corrected chi connectivity index (χ1v) is 8.29. The van der Waals surface area contributed by atoms with Gasteiger partial charge in [0.25, 0.3) is 0 Å². The van der Waals surface area contributed by atoms with Gasteiger partial charge < -0.3 is 5.32 Å². The third kappa shape index (κ3) is 4.09. The Kier molecular flexibility index (Phi) is 4.81. The number of benzene rings is 1. The van der Waals surface area contributed by atoms with Gasteiger partial charge in [0.15, 0.2) is 0 Å². The Morgan fingerprint density at radius 2 is 1.86 bits per heavy atom. The molecule has 10 heteroatoms. The molecule has 0 unspecified atom stereocenters. The van der Waals surface area contributed by atoms with E-state index < -0.39 is 21.9 Å². The van der Waals surface area contributed by atoms with Crippen LogP contribution in [-0.2, 0) is 16.4 Å². The van der Waals surface area contributed by atoms with E-state index in [1.165, 1.54) is 16.4 Å². The molecule has 5 nitrogen and oxygen atoms in total. The zero-order valence-electron chi connectivity index (χ0n) is 10.7. The van der Waals surface area contributed by atoms with Gasteiger partial charge in [-0.3, -0.25) is 4.72 Å². The van der Waals surface area contributed by atoms with Gasteiger partial charge in [-0.15, -0.1) is 0 Å². The third-order valence-corrected chi connectivity index (χ3v) is 5.16. The number of anilines is 1. The highest BCUT2D eigenvalue weighted by molar-refractivity contribution is 9.10. The Morgan fingerprint density at radius 1 is 1.24 bits per heavy atom. The van der Waals surface area contributed by atoms with Crippen LogP contribution in [-0.4, -0.2) is 38.9 Å². The minimum absolute atomic E-state index is 0.121. The van der Waals surface area contributed by atoms with E-state index in [4.69, 9.17) is 0 Å². The average molecular weight is 388 g/mol. The number of rotatable bonds is 3. The van der Waals surface area contributed by atoms with E-state index in [0.717, 1.165) is 6.07 Å². The number of nitrogens with zero attached hydrogens (tertiary/aromatic N) is 1. The van der Waals surface area contributed by atoms with Crippen LogP contribution in [0.3, 0.4) is 0 Å². The number of hydrogen-bond acceptors (Lipinski definition) is 3. The zero-order valence-corrected chi connectivity index (χ0v) is 13.1. The molecule has 0 spiro atoms. The lowest BCUT2D eigenvalue weighted by atomic mass is 10.2. The molecular formula is C11H13BrF3N3O2S. The minimum atomic E-state index is -4.56. The quantitative estimate of drug-likeness (QED) is 0.833. The van der Waals surface area contributed by atoms with Gasteiger partial charge in [-0.2, -0.15) is 25.9 Å². The molecule has 0 radical (unpaired) electrons. The van der Waals surface area contributed by atoms with Crippen molar-refractivity contribution in [2.24, 2.45) is 0 Å². The van der Waals surface area contributed by atoms with Crippen molar-refractivity contribution in [3.63, 3.8) is 0 Å². The van der Waals surface area contributed by atoms with Crippen molar-refractivity contribution in [2.75, 3.05) is 30.9 Å².